The fourth-order valence-electron chi connectivity index (χ4n) is 4.49. The van der Waals surface area contributed by atoms with E-state index in [0.717, 1.165) is 40.0 Å². The van der Waals surface area contributed by atoms with Crippen molar-refractivity contribution in [1.82, 2.24) is 0 Å². The summed E-state index contributed by atoms with van der Waals surface area (Å²) in [5.74, 6) is -0.261. The molecule has 0 aliphatic carbocycles. The summed E-state index contributed by atoms with van der Waals surface area (Å²) >= 11 is 0. The molecule has 1 aliphatic rings. The number of carboxylic acid groups (broad SMARTS) is 1. The van der Waals surface area contributed by atoms with Crippen LogP contribution in [-0.4, -0.2) is 23.5 Å². The number of amides is 1. The van der Waals surface area contributed by atoms with Crippen molar-refractivity contribution in [3.8, 4) is 28.0 Å². The van der Waals surface area contributed by atoms with E-state index < -0.39 is 5.97 Å². The molecule has 1 fully saturated rings. The number of carbonyl (C=O) groups is 2. The van der Waals surface area contributed by atoms with E-state index in [4.69, 9.17) is 4.74 Å². The zero-order chi connectivity index (χ0) is 24.2. The number of nitrogens with zero attached hydrogens (tertiary/aromatic N) is 1. The molecule has 0 bridgehead atoms. The monoisotopic (exact) mass is 463 g/mol. The van der Waals surface area contributed by atoms with Crippen molar-refractivity contribution in [2.24, 2.45) is 0 Å². The number of carbonyl (C=O) groups excluding carboxylic acids is 1. The molecule has 174 valence electrons. The molecule has 5 rings (SSSR count). The third-order valence-electron chi connectivity index (χ3n) is 6.20. The van der Waals surface area contributed by atoms with Crippen LogP contribution < -0.4 is 9.64 Å². The molecule has 0 spiro atoms. The number of anilines is 1. The zero-order valence-electron chi connectivity index (χ0n) is 19.2. The molecule has 0 saturated carbocycles. The maximum Gasteiger partial charge on any atom is 0.335 e. The summed E-state index contributed by atoms with van der Waals surface area (Å²) < 4.78 is 6.20. The molecular weight excluding hydrogens is 438 g/mol. The SMILES string of the molecule is O=C(O)c1cc(-c2ccccc2-c2ccccc2OCc2ccccc2)cc(N2CCCC2=O)c1. The molecule has 4 aromatic carbocycles. The van der Waals surface area contributed by atoms with E-state index in [9.17, 15) is 14.7 Å². The first kappa shape index (κ1) is 22.4. The number of carboxylic acids is 1. The molecule has 0 radical (unpaired) electrons. The van der Waals surface area contributed by atoms with Crippen molar-refractivity contribution in [3.05, 3.63) is 108 Å². The van der Waals surface area contributed by atoms with Crippen molar-refractivity contribution in [3.63, 3.8) is 0 Å². The average Bonchev–Trinajstić information content (AvgIpc) is 3.34. The second-order valence-electron chi connectivity index (χ2n) is 8.54. The van der Waals surface area contributed by atoms with Crippen LogP contribution in [0.15, 0.2) is 97.1 Å². The predicted molar refractivity (Wildman–Crippen MR) is 137 cm³/mol. The van der Waals surface area contributed by atoms with Crippen LogP contribution in [0.2, 0.25) is 0 Å². The summed E-state index contributed by atoms with van der Waals surface area (Å²) in [6.07, 6.45) is 1.25. The van der Waals surface area contributed by atoms with Crippen LogP contribution in [0.3, 0.4) is 0 Å². The normalized spacial score (nSPS) is 13.1. The van der Waals surface area contributed by atoms with Gasteiger partial charge in [0.25, 0.3) is 0 Å². The van der Waals surface area contributed by atoms with Crippen molar-refractivity contribution in [2.75, 3.05) is 11.4 Å². The van der Waals surface area contributed by atoms with Gasteiger partial charge in [-0.1, -0.05) is 72.8 Å². The van der Waals surface area contributed by atoms with Gasteiger partial charge in [-0.3, -0.25) is 4.79 Å². The number of benzene rings is 4. The molecule has 0 atom stereocenters. The minimum absolute atomic E-state index is 0.0198. The van der Waals surface area contributed by atoms with E-state index in [-0.39, 0.29) is 11.5 Å². The lowest BCUT2D eigenvalue weighted by Gasteiger charge is -2.19. The van der Waals surface area contributed by atoms with Crippen molar-refractivity contribution in [2.45, 2.75) is 19.4 Å². The van der Waals surface area contributed by atoms with Crippen molar-refractivity contribution in [1.29, 1.82) is 0 Å². The molecule has 5 heteroatoms. The maximum atomic E-state index is 12.4. The largest absolute Gasteiger partial charge is 0.488 e. The molecule has 35 heavy (non-hydrogen) atoms. The molecule has 1 N–H and O–H groups in total. The van der Waals surface area contributed by atoms with Crippen molar-refractivity contribution >= 4 is 17.6 Å². The van der Waals surface area contributed by atoms with E-state index in [2.05, 4.69) is 0 Å². The molecule has 4 aromatic rings. The van der Waals surface area contributed by atoms with Crippen LogP contribution in [0.1, 0.15) is 28.8 Å². The quantitative estimate of drug-likeness (QED) is 0.343. The Morgan fingerprint density at radius 1 is 0.829 bits per heavy atom. The van der Waals surface area contributed by atoms with Gasteiger partial charge in [-0.05, 0) is 52.9 Å². The number of aromatic carboxylic acids is 1. The maximum absolute atomic E-state index is 12.4. The molecule has 0 aromatic heterocycles. The standard InChI is InChI=1S/C30H25NO4/c32-29-15-8-16-31(29)24-18-22(17-23(19-24)30(33)34)25-11-4-5-12-26(25)27-13-6-7-14-28(27)35-20-21-9-2-1-3-10-21/h1-7,9-14,17-19H,8,15-16,20H2,(H,33,34). The van der Waals surface area contributed by atoms with Gasteiger partial charge in [0.15, 0.2) is 0 Å². The lowest BCUT2D eigenvalue weighted by molar-refractivity contribution is -0.117. The number of para-hydroxylation sites is 1. The molecular formula is C30H25NO4. The summed E-state index contributed by atoms with van der Waals surface area (Å²) in [5.41, 5.74) is 5.30. The molecule has 5 nitrogen and oxygen atoms in total. The van der Waals surface area contributed by atoms with Gasteiger partial charge < -0.3 is 14.7 Å². The summed E-state index contributed by atoms with van der Waals surface area (Å²) in [6.45, 7) is 1.04. The van der Waals surface area contributed by atoms with Gasteiger partial charge in [0.2, 0.25) is 5.91 Å². The molecule has 1 saturated heterocycles. The van der Waals surface area contributed by atoms with Crippen LogP contribution in [0.4, 0.5) is 5.69 Å². The first-order valence-electron chi connectivity index (χ1n) is 11.6. The zero-order valence-corrected chi connectivity index (χ0v) is 19.2. The smallest absolute Gasteiger partial charge is 0.335 e. The highest BCUT2D eigenvalue weighted by molar-refractivity contribution is 5.99. The number of hydrogen-bond acceptors (Lipinski definition) is 3. The second-order valence-corrected chi connectivity index (χ2v) is 8.54. The average molecular weight is 464 g/mol. The van der Waals surface area contributed by atoms with Gasteiger partial charge in [0, 0.05) is 24.2 Å². The first-order valence-corrected chi connectivity index (χ1v) is 11.6. The van der Waals surface area contributed by atoms with E-state index in [1.54, 1.807) is 17.0 Å². The summed E-state index contributed by atoms with van der Waals surface area (Å²) in [7, 11) is 0. The highest BCUT2D eigenvalue weighted by Crippen LogP contribution is 2.39. The van der Waals surface area contributed by atoms with Crippen LogP contribution >= 0.6 is 0 Å². The fraction of sp³-hybridized carbons (Fsp3) is 0.133. The van der Waals surface area contributed by atoms with Crippen LogP contribution in [0.5, 0.6) is 5.75 Å². The Labute approximate surface area is 204 Å². The minimum Gasteiger partial charge on any atom is -0.488 e. The van der Waals surface area contributed by atoms with E-state index in [0.29, 0.717) is 25.3 Å². The number of ether oxygens (including phenoxy) is 1. The number of rotatable bonds is 7. The Balaban J connectivity index is 1.57. The highest BCUT2D eigenvalue weighted by Gasteiger charge is 2.24. The van der Waals surface area contributed by atoms with E-state index in [1.165, 1.54) is 0 Å². The first-order chi connectivity index (χ1) is 17.1. The van der Waals surface area contributed by atoms with Crippen LogP contribution in [0.25, 0.3) is 22.3 Å². The summed E-state index contributed by atoms with van der Waals surface area (Å²) in [4.78, 5) is 26.0. The lowest BCUT2D eigenvalue weighted by atomic mass is 9.92. The molecule has 0 unspecified atom stereocenters. The Morgan fingerprint density at radius 3 is 2.23 bits per heavy atom. The molecule has 1 aliphatic heterocycles. The van der Waals surface area contributed by atoms with E-state index in [1.807, 2.05) is 84.9 Å². The number of hydrogen-bond donors (Lipinski definition) is 1. The Morgan fingerprint density at radius 2 is 1.51 bits per heavy atom. The predicted octanol–water partition coefficient (Wildman–Crippen LogP) is 6.42. The molecule has 1 heterocycles. The van der Waals surface area contributed by atoms with Gasteiger partial charge in [0.1, 0.15) is 12.4 Å². The Hall–Kier alpha value is -4.38. The van der Waals surface area contributed by atoms with Crippen LogP contribution in [0, 0.1) is 0 Å². The summed E-state index contributed by atoms with van der Waals surface area (Å²) in [5, 5.41) is 9.77. The Kier molecular flexibility index (Phi) is 6.31. The van der Waals surface area contributed by atoms with Gasteiger partial charge >= 0.3 is 5.97 Å². The topological polar surface area (TPSA) is 66.8 Å². The lowest BCUT2D eigenvalue weighted by Crippen LogP contribution is -2.24. The third kappa shape index (κ3) is 4.80. The highest BCUT2D eigenvalue weighted by atomic mass is 16.5. The minimum atomic E-state index is -1.02. The third-order valence-corrected chi connectivity index (χ3v) is 6.20. The van der Waals surface area contributed by atoms with Gasteiger partial charge in [-0.25, -0.2) is 4.79 Å². The van der Waals surface area contributed by atoms with Gasteiger partial charge in [-0.15, -0.1) is 0 Å². The second kappa shape index (κ2) is 9.85. The Bertz CT molecular complexity index is 1380. The van der Waals surface area contributed by atoms with Gasteiger partial charge in [0.05, 0.1) is 5.56 Å². The van der Waals surface area contributed by atoms with Crippen LogP contribution in [-0.2, 0) is 11.4 Å². The van der Waals surface area contributed by atoms with E-state index >= 15 is 0 Å². The fourth-order valence-corrected chi connectivity index (χ4v) is 4.49. The summed E-state index contributed by atoms with van der Waals surface area (Å²) in [6, 6.07) is 30.9. The van der Waals surface area contributed by atoms with Gasteiger partial charge in [-0.2, -0.15) is 0 Å². The van der Waals surface area contributed by atoms with Crippen molar-refractivity contribution < 1.29 is 19.4 Å². The molecule has 1 amide bonds.